The number of pyridine rings is 1. The minimum atomic E-state index is -3.63. The monoisotopic (exact) mass is 310 g/mol. The molecule has 2 rings (SSSR count). The lowest BCUT2D eigenvalue weighted by atomic mass is 9.99. The second kappa shape index (κ2) is 6.03. The summed E-state index contributed by atoms with van der Waals surface area (Å²) >= 11 is 0. The average molecular weight is 310 g/mol. The first-order valence-electron chi connectivity index (χ1n) is 7.01. The van der Waals surface area contributed by atoms with Gasteiger partial charge in [0, 0.05) is 19.8 Å². The Morgan fingerprint density at radius 1 is 1.29 bits per heavy atom. The number of sulfonamides is 1. The van der Waals surface area contributed by atoms with E-state index in [9.17, 15) is 8.42 Å². The standard InChI is InChI=1S/C14H22N4O2S/c1-10(2)11(3)9-16-21(19,20)14-13(15-4)17-12-7-5-6-8-18(12)14/h5-8,10-11,15-16H,9H2,1-4H3. The average Bonchev–Trinajstić information content (AvgIpc) is 2.83. The van der Waals surface area contributed by atoms with Crippen molar-refractivity contribution in [3.8, 4) is 0 Å². The smallest absolute Gasteiger partial charge is 0.260 e. The molecule has 0 amide bonds. The molecule has 0 aliphatic heterocycles. The van der Waals surface area contributed by atoms with Gasteiger partial charge in [-0.05, 0) is 24.0 Å². The molecule has 7 heteroatoms. The first-order valence-corrected chi connectivity index (χ1v) is 8.49. The summed E-state index contributed by atoms with van der Waals surface area (Å²) in [5.74, 6) is 1.03. The molecule has 2 aromatic heterocycles. The van der Waals surface area contributed by atoms with E-state index in [2.05, 4.69) is 28.9 Å². The number of hydrogen-bond acceptors (Lipinski definition) is 4. The first-order chi connectivity index (χ1) is 9.86. The Balaban J connectivity index is 2.40. The molecule has 0 aromatic carbocycles. The number of nitrogens with zero attached hydrogens (tertiary/aromatic N) is 2. The van der Waals surface area contributed by atoms with Gasteiger partial charge in [-0.15, -0.1) is 0 Å². The van der Waals surface area contributed by atoms with Crippen molar-refractivity contribution in [2.45, 2.75) is 25.8 Å². The van der Waals surface area contributed by atoms with E-state index in [0.29, 0.717) is 23.9 Å². The van der Waals surface area contributed by atoms with Gasteiger partial charge in [0.1, 0.15) is 5.65 Å². The summed E-state index contributed by atoms with van der Waals surface area (Å²) in [5, 5.41) is 3.00. The molecule has 1 atom stereocenters. The summed E-state index contributed by atoms with van der Waals surface area (Å²) < 4.78 is 29.5. The predicted octanol–water partition coefficient (Wildman–Crippen LogP) is 1.95. The topological polar surface area (TPSA) is 75.5 Å². The lowest BCUT2D eigenvalue weighted by Crippen LogP contribution is -2.31. The van der Waals surface area contributed by atoms with Crippen LogP contribution in [-0.2, 0) is 10.0 Å². The molecule has 21 heavy (non-hydrogen) atoms. The van der Waals surface area contributed by atoms with Gasteiger partial charge in [-0.3, -0.25) is 4.40 Å². The van der Waals surface area contributed by atoms with Crippen molar-refractivity contribution in [1.29, 1.82) is 0 Å². The first kappa shape index (κ1) is 15.8. The van der Waals surface area contributed by atoms with E-state index in [0.717, 1.165) is 0 Å². The number of rotatable bonds is 6. The van der Waals surface area contributed by atoms with Gasteiger partial charge in [0.05, 0.1) is 0 Å². The lowest BCUT2D eigenvalue weighted by molar-refractivity contribution is 0.414. The van der Waals surface area contributed by atoms with Crippen LogP contribution in [0.15, 0.2) is 29.4 Å². The molecule has 2 heterocycles. The van der Waals surface area contributed by atoms with Crippen molar-refractivity contribution < 1.29 is 8.42 Å². The number of hydrogen-bond donors (Lipinski definition) is 2. The van der Waals surface area contributed by atoms with Crippen LogP contribution in [0.2, 0.25) is 0 Å². The van der Waals surface area contributed by atoms with Crippen LogP contribution in [0.25, 0.3) is 5.65 Å². The highest BCUT2D eigenvalue weighted by molar-refractivity contribution is 7.89. The van der Waals surface area contributed by atoms with E-state index in [1.807, 2.05) is 13.0 Å². The molecule has 1 unspecified atom stereocenters. The van der Waals surface area contributed by atoms with Crippen LogP contribution in [0.5, 0.6) is 0 Å². The number of nitrogens with one attached hydrogen (secondary N) is 2. The van der Waals surface area contributed by atoms with Crippen LogP contribution in [0, 0.1) is 11.8 Å². The van der Waals surface area contributed by atoms with Crippen molar-refractivity contribution in [1.82, 2.24) is 14.1 Å². The van der Waals surface area contributed by atoms with Crippen LogP contribution >= 0.6 is 0 Å². The molecule has 0 bridgehead atoms. The van der Waals surface area contributed by atoms with Crippen molar-refractivity contribution in [3.63, 3.8) is 0 Å². The Kier molecular flexibility index (Phi) is 4.53. The van der Waals surface area contributed by atoms with E-state index < -0.39 is 10.0 Å². The Labute approximate surface area is 125 Å². The number of imidazole rings is 1. The minimum Gasteiger partial charge on any atom is -0.371 e. The zero-order valence-corrected chi connectivity index (χ0v) is 13.6. The molecule has 0 saturated heterocycles. The fourth-order valence-electron chi connectivity index (χ4n) is 1.94. The van der Waals surface area contributed by atoms with E-state index in [1.54, 1.807) is 29.8 Å². The van der Waals surface area contributed by atoms with E-state index in [1.165, 1.54) is 0 Å². The lowest BCUT2D eigenvalue weighted by Gasteiger charge is -2.16. The zero-order chi connectivity index (χ0) is 15.6. The zero-order valence-electron chi connectivity index (χ0n) is 12.8. The fourth-order valence-corrected chi connectivity index (χ4v) is 3.37. The number of fused-ring (bicyclic) bond motifs is 1. The summed E-state index contributed by atoms with van der Waals surface area (Å²) in [4.78, 5) is 4.29. The van der Waals surface area contributed by atoms with Gasteiger partial charge in [-0.25, -0.2) is 18.1 Å². The molecule has 0 aliphatic carbocycles. The van der Waals surface area contributed by atoms with Gasteiger partial charge >= 0.3 is 0 Å². The van der Waals surface area contributed by atoms with E-state index in [4.69, 9.17) is 0 Å². The van der Waals surface area contributed by atoms with Crippen molar-refractivity contribution in [3.05, 3.63) is 24.4 Å². The van der Waals surface area contributed by atoms with Crippen LogP contribution < -0.4 is 10.0 Å². The quantitative estimate of drug-likeness (QED) is 0.855. The SMILES string of the molecule is CNc1nc2ccccn2c1S(=O)(=O)NCC(C)C(C)C. The highest BCUT2D eigenvalue weighted by atomic mass is 32.2. The molecular formula is C14H22N4O2S. The number of anilines is 1. The fraction of sp³-hybridized carbons (Fsp3) is 0.500. The molecule has 6 nitrogen and oxygen atoms in total. The largest absolute Gasteiger partial charge is 0.371 e. The minimum absolute atomic E-state index is 0.150. The van der Waals surface area contributed by atoms with Crippen molar-refractivity contribution in [2.24, 2.45) is 11.8 Å². The summed E-state index contributed by atoms with van der Waals surface area (Å²) in [6, 6.07) is 5.38. The van der Waals surface area contributed by atoms with Gasteiger partial charge in [-0.2, -0.15) is 0 Å². The summed E-state index contributed by atoms with van der Waals surface area (Å²) in [6.45, 7) is 6.59. The maximum atomic E-state index is 12.6. The van der Waals surface area contributed by atoms with Crippen LogP contribution in [0.3, 0.4) is 0 Å². The molecule has 0 aliphatic rings. The normalized spacial score (nSPS) is 13.8. The van der Waals surface area contributed by atoms with Gasteiger partial charge in [0.15, 0.2) is 10.8 Å². The maximum Gasteiger partial charge on any atom is 0.260 e. The molecule has 0 spiro atoms. The maximum absolute atomic E-state index is 12.6. The second-order valence-electron chi connectivity index (χ2n) is 5.52. The van der Waals surface area contributed by atoms with Crippen molar-refractivity contribution in [2.75, 3.05) is 18.9 Å². The van der Waals surface area contributed by atoms with E-state index in [-0.39, 0.29) is 10.9 Å². The molecule has 116 valence electrons. The molecule has 2 aromatic rings. The van der Waals surface area contributed by atoms with Crippen molar-refractivity contribution >= 4 is 21.5 Å². The summed E-state index contributed by atoms with van der Waals surface area (Å²) in [6.07, 6.45) is 1.70. The Morgan fingerprint density at radius 2 is 2.00 bits per heavy atom. The summed E-state index contributed by atoms with van der Waals surface area (Å²) in [5.41, 5.74) is 0.596. The van der Waals surface area contributed by atoms with Gasteiger partial charge in [-0.1, -0.05) is 26.8 Å². The van der Waals surface area contributed by atoms with Crippen LogP contribution in [-0.4, -0.2) is 31.4 Å². The van der Waals surface area contributed by atoms with Crippen LogP contribution in [0.1, 0.15) is 20.8 Å². The highest BCUT2D eigenvalue weighted by Crippen LogP contribution is 2.22. The summed E-state index contributed by atoms with van der Waals surface area (Å²) in [7, 11) is -1.96. The third-order valence-corrected chi connectivity index (χ3v) is 5.16. The third kappa shape index (κ3) is 3.19. The Bertz CT molecular complexity index is 722. The predicted molar refractivity (Wildman–Crippen MR) is 83.9 cm³/mol. The molecule has 0 radical (unpaired) electrons. The van der Waals surface area contributed by atoms with Gasteiger partial charge in [0.25, 0.3) is 10.0 Å². The van der Waals surface area contributed by atoms with Gasteiger partial charge < -0.3 is 5.32 Å². The Hall–Kier alpha value is -1.60. The molecular weight excluding hydrogens is 288 g/mol. The molecule has 2 N–H and O–H groups in total. The number of aromatic nitrogens is 2. The second-order valence-corrected chi connectivity index (χ2v) is 7.20. The highest BCUT2D eigenvalue weighted by Gasteiger charge is 2.25. The molecule has 0 saturated carbocycles. The van der Waals surface area contributed by atoms with E-state index >= 15 is 0 Å². The third-order valence-electron chi connectivity index (χ3n) is 3.71. The Morgan fingerprint density at radius 3 is 2.62 bits per heavy atom. The van der Waals surface area contributed by atoms with Crippen LogP contribution in [0.4, 0.5) is 5.82 Å². The molecule has 0 fully saturated rings. The van der Waals surface area contributed by atoms with Gasteiger partial charge in [0.2, 0.25) is 0 Å².